The van der Waals surface area contributed by atoms with E-state index in [0.29, 0.717) is 10.5 Å². The van der Waals surface area contributed by atoms with Crippen LogP contribution >= 0.6 is 11.8 Å². The molecular weight excluding hydrogens is 378 g/mol. The molecule has 0 unspecified atom stereocenters. The molecular formula is C25H17NO2S. The number of benzene rings is 3. The van der Waals surface area contributed by atoms with Gasteiger partial charge in [0.25, 0.3) is 0 Å². The fraction of sp³-hybridized carbons (Fsp3) is 0.0400. The third-order valence-corrected chi connectivity index (χ3v) is 6.34. The van der Waals surface area contributed by atoms with E-state index in [4.69, 9.17) is 0 Å². The average molecular weight is 395 g/mol. The minimum atomic E-state index is -0.406. The summed E-state index contributed by atoms with van der Waals surface area (Å²) in [6.07, 6.45) is 0. The molecule has 29 heavy (non-hydrogen) atoms. The smallest absolute Gasteiger partial charge is 0.241 e. The fourth-order valence-electron chi connectivity index (χ4n) is 3.88. The quantitative estimate of drug-likeness (QED) is 0.390. The summed E-state index contributed by atoms with van der Waals surface area (Å²) in [5.41, 5.74) is 3.57. The highest BCUT2D eigenvalue weighted by Gasteiger charge is 2.29. The predicted molar refractivity (Wildman–Crippen MR) is 119 cm³/mol. The average Bonchev–Trinajstić information content (AvgIpc) is 3.06. The minimum Gasteiger partial charge on any atom is -0.343 e. The van der Waals surface area contributed by atoms with E-state index >= 15 is 0 Å². The Hall–Kier alpha value is -3.37. The molecule has 0 saturated heterocycles. The highest BCUT2D eigenvalue weighted by Crippen LogP contribution is 2.43. The minimum absolute atomic E-state index is 0.402. The van der Waals surface area contributed by atoms with Crippen LogP contribution in [0.25, 0.3) is 33.3 Å². The Morgan fingerprint density at radius 1 is 0.690 bits per heavy atom. The highest BCUT2D eigenvalue weighted by atomic mass is 32.2. The van der Waals surface area contributed by atoms with E-state index < -0.39 is 10.9 Å². The van der Waals surface area contributed by atoms with Crippen LogP contribution in [-0.2, 0) is 7.05 Å². The third-order valence-electron chi connectivity index (χ3n) is 5.23. The van der Waals surface area contributed by atoms with Gasteiger partial charge in [-0.25, -0.2) is 0 Å². The number of aryl methyl sites for hydroxylation is 1. The van der Waals surface area contributed by atoms with Gasteiger partial charge in [0.1, 0.15) is 0 Å². The fourth-order valence-corrected chi connectivity index (χ4v) is 4.89. The Balaban J connectivity index is 1.80. The van der Waals surface area contributed by atoms with Crippen LogP contribution in [0.1, 0.15) is 0 Å². The topological polar surface area (TPSA) is 39.1 Å². The normalized spacial score (nSPS) is 11.3. The molecule has 0 radical (unpaired) electrons. The number of fused-ring (bicyclic) bond motifs is 1. The van der Waals surface area contributed by atoms with Gasteiger partial charge in [0, 0.05) is 28.4 Å². The van der Waals surface area contributed by atoms with Crippen molar-refractivity contribution in [2.75, 3.05) is 0 Å². The first kappa shape index (κ1) is 17.7. The van der Waals surface area contributed by atoms with Crippen LogP contribution in [0, 0.1) is 0 Å². The molecule has 0 bridgehead atoms. The largest absolute Gasteiger partial charge is 0.343 e. The molecule has 1 heterocycles. The standard InChI is InChI=1S/C25H17NO2S/c1-26-19-15-9-8-14-18(19)20(22(26)16-10-4-2-5-11-16)21-23(27)24(28)25(21)29-17-12-6-3-7-13-17/h2-15H,1H3. The molecule has 1 aromatic heterocycles. The van der Waals surface area contributed by atoms with Crippen LogP contribution in [-0.4, -0.2) is 4.57 Å². The number of nitrogens with zero attached hydrogens (tertiary/aromatic N) is 1. The highest BCUT2D eigenvalue weighted by molar-refractivity contribution is 7.99. The third kappa shape index (κ3) is 2.76. The van der Waals surface area contributed by atoms with Gasteiger partial charge in [0.05, 0.1) is 16.2 Å². The Kier molecular flexibility index (Phi) is 4.22. The molecule has 0 N–H and O–H groups in total. The zero-order valence-electron chi connectivity index (χ0n) is 15.8. The molecule has 5 aromatic rings. The molecule has 0 amide bonds. The van der Waals surface area contributed by atoms with E-state index in [2.05, 4.69) is 4.57 Å². The molecule has 0 aliphatic heterocycles. The van der Waals surface area contributed by atoms with Gasteiger partial charge in [0.2, 0.25) is 10.9 Å². The molecule has 0 saturated carbocycles. The van der Waals surface area contributed by atoms with Gasteiger partial charge in [-0.2, -0.15) is 0 Å². The van der Waals surface area contributed by atoms with Crippen LogP contribution in [0.15, 0.2) is 104 Å². The molecule has 0 fully saturated rings. The van der Waals surface area contributed by atoms with Crippen LogP contribution in [0.2, 0.25) is 0 Å². The molecule has 3 nitrogen and oxygen atoms in total. The maximum absolute atomic E-state index is 12.8. The van der Waals surface area contributed by atoms with Gasteiger partial charge < -0.3 is 4.57 Å². The Bertz CT molecular complexity index is 1410. The van der Waals surface area contributed by atoms with Crippen molar-refractivity contribution in [2.24, 2.45) is 7.05 Å². The van der Waals surface area contributed by atoms with Crippen LogP contribution in [0.3, 0.4) is 0 Å². The van der Waals surface area contributed by atoms with Crippen molar-refractivity contribution < 1.29 is 0 Å². The summed E-state index contributed by atoms with van der Waals surface area (Å²) < 4.78 is 2.11. The maximum atomic E-state index is 12.8. The van der Waals surface area contributed by atoms with Crippen molar-refractivity contribution in [3.63, 3.8) is 0 Å². The van der Waals surface area contributed by atoms with Crippen molar-refractivity contribution in [2.45, 2.75) is 9.79 Å². The Morgan fingerprint density at radius 3 is 2.03 bits per heavy atom. The van der Waals surface area contributed by atoms with Crippen LogP contribution in [0.4, 0.5) is 0 Å². The molecule has 5 rings (SSSR count). The molecule has 4 aromatic carbocycles. The maximum Gasteiger partial charge on any atom is 0.241 e. The Morgan fingerprint density at radius 2 is 1.31 bits per heavy atom. The summed E-state index contributed by atoms with van der Waals surface area (Å²) >= 11 is 1.37. The van der Waals surface area contributed by atoms with Crippen molar-refractivity contribution in [3.05, 3.63) is 105 Å². The van der Waals surface area contributed by atoms with Gasteiger partial charge >= 0.3 is 0 Å². The first-order chi connectivity index (χ1) is 14.2. The summed E-state index contributed by atoms with van der Waals surface area (Å²) in [4.78, 5) is 26.7. The lowest BCUT2D eigenvalue weighted by molar-refractivity contribution is 0.978. The van der Waals surface area contributed by atoms with E-state index in [1.807, 2.05) is 92.0 Å². The first-order valence-corrected chi connectivity index (χ1v) is 10.2. The summed E-state index contributed by atoms with van der Waals surface area (Å²) in [5.74, 6) is 0. The summed E-state index contributed by atoms with van der Waals surface area (Å²) in [7, 11) is 2.00. The van der Waals surface area contributed by atoms with E-state index in [0.717, 1.165) is 32.6 Å². The van der Waals surface area contributed by atoms with E-state index in [1.165, 1.54) is 11.8 Å². The van der Waals surface area contributed by atoms with Crippen molar-refractivity contribution in [3.8, 4) is 22.4 Å². The molecule has 0 aliphatic carbocycles. The number of para-hydroxylation sites is 1. The van der Waals surface area contributed by atoms with Gasteiger partial charge in [-0.3, -0.25) is 9.59 Å². The number of aromatic nitrogens is 1. The van der Waals surface area contributed by atoms with Crippen molar-refractivity contribution in [1.29, 1.82) is 0 Å². The lowest BCUT2D eigenvalue weighted by Gasteiger charge is -2.13. The molecule has 0 aliphatic rings. The molecule has 4 heteroatoms. The van der Waals surface area contributed by atoms with Crippen molar-refractivity contribution >= 4 is 22.7 Å². The van der Waals surface area contributed by atoms with Crippen LogP contribution in [0.5, 0.6) is 0 Å². The zero-order valence-corrected chi connectivity index (χ0v) is 16.6. The second-order valence-electron chi connectivity index (χ2n) is 6.94. The van der Waals surface area contributed by atoms with E-state index in [9.17, 15) is 9.59 Å². The van der Waals surface area contributed by atoms with Gasteiger partial charge in [-0.15, -0.1) is 0 Å². The molecule has 0 atom stereocenters. The van der Waals surface area contributed by atoms with Gasteiger partial charge in [-0.05, 0) is 23.8 Å². The summed E-state index contributed by atoms with van der Waals surface area (Å²) in [6.45, 7) is 0. The van der Waals surface area contributed by atoms with Crippen molar-refractivity contribution in [1.82, 2.24) is 4.57 Å². The SMILES string of the molecule is Cn1c(-c2ccccc2)c(-c2c(Sc3ccccc3)c(=O)c2=O)c2ccccc21. The second-order valence-corrected chi connectivity index (χ2v) is 8.03. The number of rotatable bonds is 4. The lowest BCUT2D eigenvalue weighted by atomic mass is 9.95. The monoisotopic (exact) mass is 395 g/mol. The van der Waals surface area contributed by atoms with Crippen LogP contribution < -0.4 is 10.9 Å². The van der Waals surface area contributed by atoms with Gasteiger partial charge in [-0.1, -0.05) is 78.5 Å². The zero-order chi connectivity index (χ0) is 20.0. The predicted octanol–water partition coefficient (Wildman–Crippen LogP) is 5.26. The Labute approximate surface area is 171 Å². The molecule has 140 valence electrons. The van der Waals surface area contributed by atoms with E-state index in [-0.39, 0.29) is 0 Å². The first-order valence-electron chi connectivity index (χ1n) is 9.36. The number of hydrogen-bond acceptors (Lipinski definition) is 3. The summed E-state index contributed by atoms with van der Waals surface area (Å²) in [5, 5.41) is 0.982. The number of hydrogen-bond donors (Lipinski definition) is 0. The van der Waals surface area contributed by atoms with E-state index in [1.54, 1.807) is 0 Å². The molecule has 0 spiro atoms. The van der Waals surface area contributed by atoms with Gasteiger partial charge in [0.15, 0.2) is 0 Å². The second kappa shape index (κ2) is 6.90. The lowest BCUT2D eigenvalue weighted by Crippen LogP contribution is -2.34. The summed E-state index contributed by atoms with van der Waals surface area (Å²) in [6, 6.07) is 27.7.